The quantitative estimate of drug-likeness (QED) is 0.587. The Bertz CT molecular complexity index is 702. The summed E-state index contributed by atoms with van der Waals surface area (Å²) >= 11 is 0. The molecule has 0 aliphatic heterocycles. The number of ether oxygens (including phenoxy) is 1. The van der Waals surface area contributed by atoms with Gasteiger partial charge in [-0.1, -0.05) is 39.3 Å². The van der Waals surface area contributed by atoms with Gasteiger partial charge < -0.3 is 10.1 Å². The van der Waals surface area contributed by atoms with E-state index in [1.165, 1.54) is 5.56 Å². The monoisotopic (exact) mass is 367 g/mol. The molecule has 0 spiro atoms. The van der Waals surface area contributed by atoms with Gasteiger partial charge in [0, 0.05) is 11.9 Å². The molecule has 0 aliphatic rings. The number of halogens is 3. The van der Waals surface area contributed by atoms with Crippen LogP contribution >= 0.6 is 0 Å². The molecule has 0 aliphatic carbocycles. The zero-order valence-electron chi connectivity index (χ0n) is 15.2. The fourth-order valence-electron chi connectivity index (χ4n) is 2.30. The van der Waals surface area contributed by atoms with E-state index in [0.29, 0.717) is 18.0 Å². The van der Waals surface area contributed by atoms with Gasteiger partial charge in [0.2, 0.25) is 11.8 Å². The molecule has 0 bridgehead atoms. The minimum atomic E-state index is -4.56. The maximum atomic E-state index is 13.1. The third-order valence-electron chi connectivity index (χ3n) is 4.14. The van der Waals surface area contributed by atoms with Gasteiger partial charge in [-0.2, -0.15) is 18.2 Å². The summed E-state index contributed by atoms with van der Waals surface area (Å²) in [5, 5.41) is 2.93. The molecule has 1 N–H and O–H groups in total. The predicted octanol–water partition coefficient (Wildman–Crippen LogP) is 5.93. The lowest BCUT2D eigenvalue weighted by molar-refractivity contribution is -0.139. The van der Waals surface area contributed by atoms with Crippen LogP contribution in [-0.4, -0.2) is 16.6 Å². The van der Waals surface area contributed by atoms with Crippen LogP contribution in [0.15, 0.2) is 30.5 Å². The average Bonchev–Trinajstić information content (AvgIpc) is 2.61. The van der Waals surface area contributed by atoms with Crippen molar-refractivity contribution in [3.63, 3.8) is 0 Å². The fourth-order valence-corrected chi connectivity index (χ4v) is 2.30. The van der Waals surface area contributed by atoms with E-state index in [2.05, 4.69) is 29.1 Å². The van der Waals surface area contributed by atoms with E-state index in [1.807, 2.05) is 31.2 Å². The number of alkyl halides is 3. The molecule has 26 heavy (non-hydrogen) atoms. The molecule has 4 nitrogen and oxygen atoms in total. The molecule has 1 unspecified atom stereocenters. The highest BCUT2D eigenvalue weighted by Gasteiger charge is 2.36. The Morgan fingerprint density at radius 3 is 2.42 bits per heavy atom. The Morgan fingerprint density at radius 2 is 1.85 bits per heavy atom. The van der Waals surface area contributed by atoms with Crippen LogP contribution in [0.25, 0.3) is 0 Å². The van der Waals surface area contributed by atoms with Crippen LogP contribution in [-0.2, 0) is 6.18 Å². The molecule has 2 aromatic rings. The Morgan fingerprint density at radius 1 is 1.15 bits per heavy atom. The molecule has 0 fully saturated rings. The van der Waals surface area contributed by atoms with E-state index in [1.54, 1.807) is 0 Å². The molecule has 142 valence electrons. The van der Waals surface area contributed by atoms with Crippen molar-refractivity contribution in [1.82, 2.24) is 9.97 Å². The lowest BCUT2D eigenvalue weighted by Crippen LogP contribution is -2.13. The summed E-state index contributed by atoms with van der Waals surface area (Å²) in [6.45, 7) is 6.37. The molecule has 1 aromatic carbocycles. The molecular weight excluding hydrogens is 343 g/mol. The maximum absolute atomic E-state index is 13.1. The number of hydrogen-bond acceptors (Lipinski definition) is 4. The highest BCUT2D eigenvalue weighted by atomic mass is 19.4. The van der Waals surface area contributed by atoms with Gasteiger partial charge in [-0.05, 0) is 36.5 Å². The molecule has 0 amide bonds. The van der Waals surface area contributed by atoms with Gasteiger partial charge in [0.25, 0.3) is 0 Å². The summed E-state index contributed by atoms with van der Waals surface area (Å²) in [5.41, 5.74) is 0.942. The molecule has 1 atom stereocenters. The van der Waals surface area contributed by atoms with Crippen molar-refractivity contribution in [3.8, 4) is 5.88 Å². The summed E-state index contributed by atoms with van der Waals surface area (Å²) < 4.78 is 44.5. The number of aromatic nitrogens is 2. The number of unbranched alkanes of at least 4 members (excludes halogenated alkanes) is 1. The van der Waals surface area contributed by atoms with Crippen molar-refractivity contribution < 1.29 is 17.9 Å². The molecule has 7 heteroatoms. The van der Waals surface area contributed by atoms with Crippen LogP contribution in [0.2, 0.25) is 0 Å². The summed E-state index contributed by atoms with van der Waals surface area (Å²) in [7, 11) is 0. The number of benzene rings is 1. The Balaban J connectivity index is 2.19. The number of nitrogens with zero attached hydrogens (tertiary/aromatic N) is 2. The van der Waals surface area contributed by atoms with Gasteiger partial charge in [0.05, 0.1) is 6.61 Å². The SMILES string of the molecule is CCCCOc1nc(Nc2ccc(C(C)CC)cc2)ncc1C(F)(F)F. The first-order valence-corrected chi connectivity index (χ1v) is 8.79. The number of anilines is 2. The molecule has 1 aromatic heterocycles. The van der Waals surface area contributed by atoms with Gasteiger partial charge >= 0.3 is 6.18 Å². The largest absolute Gasteiger partial charge is 0.477 e. The molecule has 0 saturated heterocycles. The van der Waals surface area contributed by atoms with Gasteiger partial charge in [-0.15, -0.1) is 0 Å². The van der Waals surface area contributed by atoms with E-state index in [-0.39, 0.29) is 12.6 Å². The maximum Gasteiger partial charge on any atom is 0.423 e. The van der Waals surface area contributed by atoms with E-state index in [9.17, 15) is 13.2 Å². The topological polar surface area (TPSA) is 47.0 Å². The highest BCUT2D eigenvalue weighted by Crippen LogP contribution is 2.35. The van der Waals surface area contributed by atoms with Crippen molar-refractivity contribution >= 4 is 11.6 Å². The summed E-state index contributed by atoms with van der Waals surface area (Å²) in [5.74, 6) is 0.0744. The zero-order valence-corrected chi connectivity index (χ0v) is 15.2. The van der Waals surface area contributed by atoms with Crippen LogP contribution in [0.5, 0.6) is 5.88 Å². The summed E-state index contributed by atoms with van der Waals surface area (Å²) in [6, 6.07) is 7.69. The minimum Gasteiger partial charge on any atom is -0.477 e. The van der Waals surface area contributed by atoms with E-state index >= 15 is 0 Å². The fraction of sp³-hybridized carbons (Fsp3) is 0.474. The Kier molecular flexibility index (Phi) is 6.83. The van der Waals surface area contributed by atoms with E-state index < -0.39 is 17.6 Å². The molecule has 0 saturated carbocycles. The average molecular weight is 367 g/mol. The van der Waals surface area contributed by atoms with Gasteiger partial charge in [-0.25, -0.2) is 4.98 Å². The lowest BCUT2D eigenvalue weighted by atomic mass is 9.99. The predicted molar refractivity (Wildman–Crippen MR) is 95.9 cm³/mol. The molecule has 2 rings (SSSR count). The minimum absolute atomic E-state index is 0.0702. The van der Waals surface area contributed by atoms with Crippen molar-refractivity contribution in [1.29, 1.82) is 0 Å². The first-order valence-electron chi connectivity index (χ1n) is 8.79. The summed E-state index contributed by atoms with van der Waals surface area (Å²) in [6.07, 6.45) is -1.30. The van der Waals surface area contributed by atoms with Gasteiger partial charge in [0.15, 0.2) is 0 Å². The third-order valence-corrected chi connectivity index (χ3v) is 4.14. The van der Waals surface area contributed by atoms with Crippen LogP contribution in [0.3, 0.4) is 0 Å². The van der Waals surface area contributed by atoms with Crippen molar-refractivity contribution in [3.05, 3.63) is 41.6 Å². The number of hydrogen-bond donors (Lipinski definition) is 1. The first kappa shape index (κ1) is 20.0. The Labute approximate surface area is 151 Å². The van der Waals surface area contributed by atoms with Crippen LogP contribution in [0.1, 0.15) is 57.1 Å². The second kappa shape index (κ2) is 8.87. The zero-order chi connectivity index (χ0) is 19.2. The number of rotatable bonds is 8. The summed E-state index contributed by atoms with van der Waals surface area (Å²) in [4.78, 5) is 7.70. The van der Waals surface area contributed by atoms with E-state index in [0.717, 1.165) is 19.0 Å². The van der Waals surface area contributed by atoms with Gasteiger partial charge in [0.1, 0.15) is 5.56 Å². The molecule has 1 heterocycles. The van der Waals surface area contributed by atoms with Crippen molar-refractivity contribution in [2.75, 3.05) is 11.9 Å². The number of nitrogens with one attached hydrogen (secondary N) is 1. The standard InChI is InChI=1S/C19H24F3N3O/c1-4-6-11-26-17-16(19(20,21)22)12-23-18(25-17)24-15-9-7-14(8-10-15)13(3)5-2/h7-10,12-13H,4-6,11H2,1-3H3,(H,23,24,25). The lowest BCUT2D eigenvalue weighted by Gasteiger charge is -2.14. The normalized spacial score (nSPS) is 12.7. The van der Waals surface area contributed by atoms with E-state index in [4.69, 9.17) is 4.74 Å². The molecular formula is C19H24F3N3O. The van der Waals surface area contributed by atoms with Crippen LogP contribution < -0.4 is 10.1 Å². The van der Waals surface area contributed by atoms with Crippen molar-refractivity contribution in [2.45, 2.75) is 52.1 Å². The van der Waals surface area contributed by atoms with Crippen LogP contribution in [0, 0.1) is 0 Å². The highest BCUT2D eigenvalue weighted by molar-refractivity contribution is 5.54. The van der Waals surface area contributed by atoms with Crippen LogP contribution in [0.4, 0.5) is 24.8 Å². The second-order valence-corrected chi connectivity index (χ2v) is 6.17. The second-order valence-electron chi connectivity index (χ2n) is 6.17. The van der Waals surface area contributed by atoms with Gasteiger partial charge in [-0.3, -0.25) is 0 Å². The Hall–Kier alpha value is -2.31. The van der Waals surface area contributed by atoms with Crippen molar-refractivity contribution in [2.24, 2.45) is 0 Å². The third kappa shape index (κ3) is 5.34. The smallest absolute Gasteiger partial charge is 0.423 e. The first-order chi connectivity index (χ1) is 12.3. The molecule has 0 radical (unpaired) electrons.